The molecule has 1 aromatic heterocycles. The van der Waals surface area contributed by atoms with Gasteiger partial charge in [0, 0.05) is 6.20 Å². The van der Waals surface area contributed by atoms with Gasteiger partial charge in [0.05, 0.1) is 6.61 Å². The van der Waals surface area contributed by atoms with E-state index in [0.29, 0.717) is 0 Å². The molecule has 1 fully saturated rings. The minimum atomic E-state index is -4.78. The van der Waals surface area contributed by atoms with E-state index in [0.717, 1.165) is 10.8 Å². The molecule has 0 unspecified atom stereocenters. The summed E-state index contributed by atoms with van der Waals surface area (Å²) in [4.78, 5) is 32.1. The van der Waals surface area contributed by atoms with Crippen LogP contribution in [-0.4, -0.2) is 49.4 Å². The largest absolute Gasteiger partial charge is 0.469 e. The van der Waals surface area contributed by atoms with Crippen molar-refractivity contribution in [3.63, 3.8) is 0 Å². The Kier molecular flexibility index (Phi) is 4.42. The SMILES string of the molecule is Nc1ccn([C@H]2O[C@@H](COP(=O)(O)O)[C@H](O)[C@@H]2F)c(=O)n1. The number of anilines is 1. The van der Waals surface area contributed by atoms with Crippen LogP contribution in [0.25, 0.3) is 0 Å². The molecule has 10 nitrogen and oxygen atoms in total. The molecule has 0 aromatic carbocycles. The fourth-order valence-corrected chi connectivity index (χ4v) is 2.20. The Bertz CT molecular complexity index is 620. The lowest BCUT2D eigenvalue weighted by atomic mass is 10.1. The van der Waals surface area contributed by atoms with Crippen molar-refractivity contribution >= 4 is 13.6 Å². The van der Waals surface area contributed by atoms with Crippen LogP contribution in [0.5, 0.6) is 0 Å². The van der Waals surface area contributed by atoms with Crippen LogP contribution in [0.2, 0.25) is 0 Å². The third kappa shape index (κ3) is 3.64. The van der Waals surface area contributed by atoms with Crippen molar-refractivity contribution < 1.29 is 33.1 Å². The molecule has 0 amide bonds. The molecule has 1 aliphatic heterocycles. The standard InChI is InChI=1S/C9H13FN3O7P/c10-6-7(14)4(3-19-21(16,17)18)20-8(6)13-2-1-5(11)12-9(13)15/h1-2,4,6-8,14H,3H2,(H2,11,12,15)(H2,16,17,18)/t4-,6-,7-,8-/m0/s1. The molecule has 12 heteroatoms. The van der Waals surface area contributed by atoms with Gasteiger partial charge in [-0.2, -0.15) is 4.98 Å². The van der Waals surface area contributed by atoms with E-state index in [-0.39, 0.29) is 5.82 Å². The predicted molar refractivity (Wildman–Crippen MR) is 65.7 cm³/mol. The molecule has 0 saturated carbocycles. The molecular weight excluding hydrogens is 312 g/mol. The maximum atomic E-state index is 14.0. The van der Waals surface area contributed by atoms with Crippen molar-refractivity contribution in [3.8, 4) is 0 Å². The zero-order valence-corrected chi connectivity index (χ0v) is 11.3. The topological polar surface area (TPSA) is 157 Å². The van der Waals surface area contributed by atoms with E-state index in [1.165, 1.54) is 6.07 Å². The van der Waals surface area contributed by atoms with Crippen LogP contribution in [0.3, 0.4) is 0 Å². The van der Waals surface area contributed by atoms with Gasteiger partial charge in [-0.15, -0.1) is 0 Å². The first-order chi connectivity index (χ1) is 9.69. The van der Waals surface area contributed by atoms with Gasteiger partial charge in [-0.05, 0) is 6.07 Å². The quantitative estimate of drug-likeness (QED) is 0.485. The molecule has 1 saturated heterocycles. The van der Waals surface area contributed by atoms with E-state index < -0.39 is 44.7 Å². The van der Waals surface area contributed by atoms with E-state index >= 15 is 0 Å². The number of nitrogens with zero attached hydrogens (tertiary/aromatic N) is 2. The number of ether oxygens (including phenoxy) is 1. The van der Waals surface area contributed by atoms with Crippen LogP contribution < -0.4 is 11.4 Å². The summed E-state index contributed by atoms with van der Waals surface area (Å²) in [7, 11) is -4.78. The highest BCUT2D eigenvalue weighted by Gasteiger charge is 2.46. The zero-order chi connectivity index (χ0) is 15.8. The monoisotopic (exact) mass is 325 g/mol. The lowest BCUT2D eigenvalue weighted by molar-refractivity contribution is -0.0482. The van der Waals surface area contributed by atoms with Crippen molar-refractivity contribution in [2.24, 2.45) is 0 Å². The normalized spacial score (nSPS) is 29.7. The number of aliphatic hydroxyl groups is 1. The molecule has 0 bridgehead atoms. The smallest absolute Gasteiger partial charge is 0.387 e. The van der Waals surface area contributed by atoms with Crippen LogP contribution in [0.15, 0.2) is 17.1 Å². The van der Waals surface area contributed by atoms with E-state index in [1.807, 2.05) is 0 Å². The Morgan fingerprint density at radius 1 is 1.57 bits per heavy atom. The lowest BCUT2D eigenvalue weighted by Gasteiger charge is -2.16. The molecule has 1 aliphatic rings. The van der Waals surface area contributed by atoms with Crippen molar-refractivity contribution in [3.05, 3.63) is 22.7 Å². The van der Waals surface area contributed by atoms with Crippen molar-refractivity contribution in [1.82, 2.24) is 9.55 Å². The Morgan fingerprint density at radius 3 is 2.81 bits per heavy atom. The minimum Gasteiger partial charge on any atom is -0.387 e. The van der Waals surface area contributed by atoms with E-state index in [4.69, 9.17) is 20.3 Å². The summed E-state index contributed by atoms with van der Waals surface area (Å²) in [5.41, 5.74) is 4.41. The molecule has 2 rings (SSSR count). The first-order valence-corrected chi connectivity index (χ1v) is 7.24. The van der Waals surface area contributed by atoms with E-state index in [2.05, 4.69) is 9.51 Å². The Balaban J connectivity index is 2.16. The van der Waals surface area contributed by atoms with Gasteiger partial charge in [-0.3, -0.25) is 9.09 Å². The Morgan fingerprint density at radius 2 is 2.24 bits per heavy atom. The molecule has 118 valence electrons. The first kappa shape index (κ1) is 16.0. The summed E-state index contributed by atoms with van der Waals surface area (Å²) in [5.74, 6) is -0.0633. The number of rotatable bonds is 4. The van der Waals surface area contributed by atoms with Gasteiger partial charge in [-0.1, -0.05) is 0 Å². The number of aromatic nitrogens is 2. The molecule has 4 atom stereocenters. The lowest BCUT2D eigenvalue weighted by Crippen LogP contribution is -2.33. The van der Waals surface area contributed by atoms with Gasteiger partial charge in [0.2, 0.25) is 0 Å². The third-order valence-corrected chi connectivity index (χ3v) is 3.31. The van der Waals surface area contributed by atoms with Crippen LogP contribution in [0.1, 0.15) is 6.23 Å². The second kappa shape index (κ2) is 5.79. The van der Waals surface area contributed by atoms with E-state index in [1.54, 1.807) is 0 Å². The average Bonchev–Trinajstić information content (AvgIpc) is 2.64. The fourth-order valence-electron chi connectivity index (χ4n) is 1.86. The highest BCUT2D eigenvalue weighted by molar-refractivity contribution is 7.46. The second-order valence-corrected chi connectivity index (χ2v) is 5.57. The summed E-state index contributed by atoms with van der Waals surface area (Å²) in [6.45, 7) is -0.737. The molecule has 0 aliphatic carbocycles. The van der Waals surface area contributed by atoms with Gasteiger partial charge < -0.3 is 25.4 Å². The number of alkyl halides is 1. The third-order valence-electron chi connectivity index (χ3n) is 2.83. The number of halogens is 1. The fraction of sp³-hybridized carbons (Fsp3) is 0.556. The number of hydrogen-bond acceptors (Lipinski definition) is 7. The number of phosphoric ester groups is 1. The number of phosphoric acid groups is 1. The van der Waals surface area contributed by atoms with Crippen LogP contribution in [0, 0.1) is 0 Å². The van der Waals surface area contributed by atoms with Gasteiger partial charge in [0.25, 0.3) is 0 Å². The molecule has 0 radical (unpaired) electrons. The number of nitrogen functional groups attached to an aromatic ring is 1. The molecule has 5 N–H and O–H groups in total. The Hall–Kier alpha value is -1.36. The number of aliphatic hydroxyl groups excluding tert-OH is 1. The molecular formula is C9H13FN3O7P. The summed E-state index contributed by atoms with van der Waals surface area (Å²) in [6.07, 6.45) is -5.42. The molecule has 1 aromatic rings. The van der Waals surface area contributed by atoms with Crippen molar-refractivity contribution in [1.29, 1.82) is 0 Å². The zero-order valence-electron chi connectivity index (χ0n) is 10.4. The van der Waals surface area contributed by atoms with E-state index in [9.17, 15) is 18.9 Å². The predicted octanol–water partition coefficient (Wildman–Crippen LogP) is -1.47. The molecule has 21 heavy (non-hydrogen) atoms. The first-order valence-electron chi connectivity index (χ1n) is 5.71. The highest BCUT2D eigenvalue weighted by Crippen LogP contribution is 2.38. The Labute approximate surface area is 117 Å². The maximum absolute atomic E-state index is 14.0. The molecule has 0 spiro atoms. The maximum Gasteiger partial charge on any atom is 0.469 e. The molecule has 2 heterocycles. The highest BCUT2D eigenvalue weighted by atomic mass is 31.2. The van der Waals surface area contributed by atoms with Crippen LogP contribution in [-0.2, 0) is 13.8 Å². The van der Waals surface area contributed by atoms with Crippen LogP contribution in [0.4, 0.5) is 10.2 Å². The number of nitrogens with two attached hydrogens (primary N) is 1. The summed E-state index contributed by atoms with van der Waals surface area (Å²) in [6, 6.07) is 1.24. The average molecular weight is 325 g/mol. The van der Waals surface area contributed by atoms with Gasteiger partial charge in [0.15, 0.2) is 12.4 Å². The minimum absolute atomic E-state index is 0.0633. The van der Waals surface area contributed by atoms with Gasteiger partial charge in [-0.25, -0.2) is 13.8 Å². The van der Waals surface area contributed by atoms with Crippen molar-refractivity contribution in [2.45, 2.75) is 24.6 Å². The second-order valence-electron chi connectivity index (χ2n) is 4.33. The van der Waals surface area contributed by atoms with Crippen molar-refractivity contribution in [2.75, 3.05) is 12.3 Å². The summed E-state index contributed by atoms with van der Waals surface area (Å²) >= 11 is 0. The van der Waals surface area contributed by atoms with Gasteiger partial charge >= 0.3 is 13.5 Å². The van der Waals surface area contributed by atoms with Gasteiger partial charge in [0.1, 0.15) is 18.0 Å². The summed E-state index contributed by atoms with van der Waals surface area (Å²) in [5, 5.41) is 9.64. The number of hydrogen-bond donors (Lipinski definition) is 4. The summed E-state index contributed by atoms with van der Waals surface area (Å²) < 4.78 is 34.6. The van der Waals surface area contributed by atoms with Crippen LogP contribution >= 0.6 is 7.82 Å².